The van der Waals surface area contributed by atoms with Gasteiger partial charge < -0.3 is 4.74 Å². The van der Waals surface area contributed by atoms with Crippen LogP contribution in [0.5, 0.6) is 5.75 Å². The minimum Gasteiger partial charge on any atom is -0.409 e. The van der Waals surface area contributed by atoms with Crippen LogP contribution in [0.2, 0.25) is 0 Å². The van der Waals surface area contributed by atoms with Gasteiger partial charge in [-0.25, -0.2) is 9.52 Å². The van der Waals surface area contributed by atoms with Crippen molar-refractivity contribution in [2.75, 3.05) is 0 Å². The molecule has 0 aliphatic heterocycles. The van der Waals surface area contributed by atoms with Crippen molar-refractivity contribution in [2.24, 2.45) is 0 Å². The summed E-state index contributed by atoms with van der Waals surface area (Å²) in [7, 11) is 0.713. The molecule has 7 heteroatoms. The molecule has 1 aromatic rings. The van der Waals surface area contributed by atoms with Gasteiger partial charge in [-0.1, -0.05) is 25.1 Å². The Hall–Kier alpha value is -1.27. The first kappa shape index (κ1) is 12.8. The van der Waals surface area contributed by atoms with Gasteiger partial charge in [-0.15, -0.1) is 0 Å². The minimum atomic E-state index is -4.12. The standard InChI is InChI=1S/C9H10ClNO4S/c1-2-7-5-3-4-6-8(7)15-9(12)11-16(10,13)14/h3-6H,2H2,1H3,(H,11,12). The van der Waals surface area contributed by atoms with Crippen LogP contribution in [0.25, 0.3) is 0 Å². The maximum absolute atomic E-state index is 11.1. The van der Waals surface area contributed by atoms with Gasteiger partial charge in [0.2, 0.25) is 0 Å². The van der Waals surface area contributed by atoms with Crippen LogP contribution in [-0.4, -0.2) is 14.5 Å². The molecule has 0 radical (unpaired) electrons. The van der Waals surface area contributed by atoms with Gasteiger partial charge in [0.25, 0.3) is 0 Å². The van der Waals surface area contributed by atoms with Crippen molar-refractivity contribution in [3.8, 4) is 5.75 Å². The van der Waals surface area contributed by atoms with Gasteiger partial charge in [0, 0.05) is 10.7 Å². The van der Waals surface area contributed by atoms with Crippen LogP contribution in [0.3, 0.4) is 0 Å². The highest BCUT2D eigenvalue weighted by atomic mass is 35.7. The third-order valence-electron chi connectivity index (χ3n) is 1.76. The number of halogens is 1. The molecule has 1 aromatic carbocycles. The summed E-state index contributed by atoms with van der Waals surface area (Å²) in [5, 5.41) is 0. The highest BCUT2D eigenvalue weighted by Gasteiger charge is 2.13. The molecule has 0 aromatic heterocycles. The number of carbonyl (C=O) groups is 1. The fraction of sp³-hybridized carbons (Fsp3) is 0.222. The average molecular weight is 264 g/mol. The molecule has 88 valence electrons. The Labute approximate surface area is 97.9 Å². The van der Waals surface area contributed by atoms with Crippen molar-refractivity contribution < 1.29 is 17.9 Å². The third-order valence-corrected chi connectivity index (χ3v) is 2.40. The van der Waals surface area contributed by atoms with E-state index in [2.05, 4.69) is 0 Å². The molecule has 1 rings (SSSR count). The SMILES string of the molecule is CCc1ccccc1OC(=O)NS(=O)(=O)Cl. The number of amides is 1. The molecule has 0 unspecified atom stereocenters. The number of carbonyl (C=O) groups excluding carboxylic acids is 1. The Morgan fingerprint density at radius 2 is 2.06 bits per heavy atom. The molecule has 0 bridgehead atoms. The van der Waals surface area contributed by atoms with Gasteiger partial charge in [-0.05, 0) is 18.1 Å². The summed E-state index contributed by atoms with van der Waals surface area (Å²) in [6, 6.07) is 6.82. The fourth-order valence-electron chi connectivity index (χ4n) is 1.12. The molecule has 1 amide bonds. The fourth-order valence-corrected chi connectivity index (χ4v) is 1.55. The Balaban J connectivity index is 2.77. The van der Waals surface area contributed by atoms with Gasteiger partial charge in [0.1, 0.15) is 5.75 Å². The van der Waals surface area contributed by atoms with E-state index in [1.807, 2.05) is 6.92 Å². The van der Waals surface area contributed by atoms with Crippen LogP contribution in [0.1, 0.15) is 12.5 Å². The first-order valence-corrected chi connectivity index (χ1v) is 6.75. The van der Waals surface area contributed by atoms with Gasteiger partial charge in [-0.2, -0.15) is 8.42 Å². The van der Waals surface area contributed by atoms with Crippen molar-refractivity contribution in [3.63, 3.8) is 0 Å². The summed E-state index contributed by atoms with van der Waals surface area (Å²) in [6.07, 6.45) is -0.465. The zero-order valence-corrected chi connectivity index (χ0v) is 10.0. The second-order valence-corrected chi connectivity index (χ2v) is 5.19. The van der Waals surface area contributed by atoms with Crippen LogP contribution >= 0.6 is 10.7 Å². The number of ether oxygens (including phenoxy) is 1. The molecule has 0 saturated heterocycles. The van der Waals surface area contributed by atoms with Crippen molar-refractivity contribution in [1.29, 1.82) is 0 Å². The third kappa shape index (κ3) is 4.08. The van der Waals surface area contributed by atoms with E-state index in [4.69, 9.17) is 15.4 Å². The summed E-state index contributed by atoms with van der Waals surface area (Å²) < 4.78 is 27.4. The minimum absolute atomic E-state index is 0.308. The molecule has 0 saturated carbocycles. The Morgan fingerprint density at radius 3 is 2.62 bits per heavy atom. The highest BCUT2D eigenvalue weighted by Crippen LogP contribution is 2.18. The monoisotopic (exact) mass is 263 g/mol. The maximum atomic E-state index is 11.1. The van der Waals surface area contributed by atoms with E-state index in [9.17, 15) is 13.2 Å². The van der Waals surface area contributed by atoms with Crippen LogP contribution in [0.4, 0.5) is 4.79 Å². The molecule has 0 aliphatic carbocycles. The molecule has 1 N–H and O–H groups in total. The number of hydrogen-bond donors (Lipinski definition) is 1. The van der Waals surface area contributed by atoms with E-state index in [-0.39, 0.29) is 0 Å². The first-order chi connectivity index (χ1) is 7.42. The summed E-state index contributed by atoms with van der Waals surface area (Å²) in [5.74, 6) is 0.308. The summed E-state index contributed by atoms with van der Waals surface area (Å²) >= 11 is 0. The van der Waals surface area contributed by atoms with Gasteiger partial charge >= 0.3 is 15.3 Å². The van der Waals surface area contributed by atoms with Crippen molar-refractivity contribution in [1.82, 2.24) is 4.72 Å². The average Bonchev–Trinajstić information content (AvgIpc) is 2.15. The molecular weight excluding hydrogens is 254 g/mol. The van der Waals surface area contributed by atoms with E-state index < -0.39 is 15.3 Å². The van der Waals surface area contributed by atoms with Gasteiger partial charge in [0.05, 0.1) is 0 Å². The maximum Gasteiger partial charge on any atom is 0.427 e. The van der Waals surface area contributed by atoms with Gasteiger partial charge in [0.15, 0.2) is 0 Å². The largest absolute Gasteiger partial charge is 0.427 e. The first-order valence-electron chi connectivity index (χ1n) is 4.44. The second kappa shape index (κ2) is 5.18. The van der Waals surface area contributed by atoms with E-state index in [1.54, 1.807) is 24.3 Å². The molecule has 0 fully saturated rings. The topological polar surface area (TPSA) is 72.5 Å². The van der Waals surface area contributed by atoms with Gasteiger partial charge in [-0.3, -0.25) is 0 Å². The van der Waals surface area contributed by atoms with Crippen LogP contribution in [-0.2, 0) is 15.7 Å². The lowest BCUT2D eigenvalue weighted by molar-refractivity contribution is 0.206. The van der Waals surface area contributed by atoms with E-state index in [0.717, 1.165) is 5.56 Å². The number of para-hydroxylation sites is 1. The zero-order valence-electron chi connectivity index (χ0n) is 8.44. The molecular formula is C9H10ClNO4S. The smallest absolute Gasteiger partial charge is 0.409 e. The van der Waals surface area contributed by atoms with Crippen LogP contribution in [0, 0.1) is 0 Å². The highest BCUT2D eigenvalue weighted by molar-refractivity contribution is 8.12. The Bertz CT molecular complexity index is 486. The molecule has 0 aliphatic rings. The Kier molecular flexibility index (Phi) is 4.14. The van der Waals surface area contributed by atoms with E-state index in [1.165, 1.54) is 4.72 Å². The number of aryl methyl sites for hydroxylation is 1. The second-order valence-electron chi connectivity index (χ2n) is 2.89. The number of nitrogens with one attached hydrogen (secondary N) is 1. The lowest BCUT2D eigenvalue weighted by atomic mass is 10.1. The van der Waals surface area contributed by atoms with E-state index in [0.29, 0.717) is 12.2 Å². The predicted octanol–water partition coefficient (Wildman–Crippen LogP) is 1.82. The predicted molar refractivity (Wildman–Crippen MR) is 59.8 cm³/mol. The van der Waals surface area contributed by atoms with Crippen LogP contribution in [0.15, 0.2) is 24.3 Å². The van der Waals surface area contributed by atoms with Crippen LogP contribution < -0.4 is 9.46 Å². The lowest BCUT2D eigenvalue weighted by Gasteiger charge is -2.07. The molecule has 0 atom stereocenters. The molecule has 0 heterocycles. The molecule has 0 spiro atoms. The molecule has 5 nitrogen and oxygen atoms in total. The quantitative estimate of drug-likeness (QED) is 0.845. The lowest BCUT2D eigenvalue weighted by Crippen LogP contribution is -2.29. The molecule has 16 heavy (non-hydrogen) atoms. The summed E-state index contributed by atoms with van der Waals surface area (Å²) in [6.45, 7) is 1.89. The zero-order chi connectivity index (χ0) is 12.2. The van der Waals surface area contributed by atoms with Crippen molar-refractivity contribution >= 4 is 26.0 Å². The normalized spacial score (nSPS) is 10.9. The number of hydrogen-bond acceptors (Lipinski definition) is 4. The number of benzene rings is 1. The summed E-state index contributed by atoms with van der Waals surface area (Å²) in [5.41, 5.74) is 0.796. The van der Waals surface area contributed by atoms with Crippen molar-refractivity contribution in [3.05, 3.63) is 29.8 Å². The number of rotatable bonds is 3. The summed E-state index contributed by atoms with van der Waals surface area (Å²) in [4.78, 5) is 11.1. The van der Waals surface area contributed by atoms with Crippen molar-refractivity contribution in [2.45, 2.75) is 13.3 Å². The Morgan fingerprint density at radius 1 is 1.44 bits per heavy atom. The van der Waals surface area contributed by atoms with E-state index >= 15 is 0 Å².